The van der Waals surface area contributed by atoms with Crippen LogP contribution in [-0.2, 0) is 14.8 Å². The van der Waals surface area contributed by atoms with Crippen molar-refractivity contribution in [2.45, 2.75) is 52.5 Å². The minimum absolute atomic E-state index is 0.0724. The van der Waals surface area contributed by atoms with E-state index in [1.54, 1.807) is 19.9 Å². The number of rotatable bonds is 6. The molecular formula is C18H26N2O5S. The van der Waals surface area contributed by atoms with Gasteiger partial charge in [0.2, 0.25) is 15.9 Å². The van der Waals surface area contributed by atoms with Gasteiger partial charge in [0.25, 0.3) is 0 Å². The zero-order valence-electron chi connectivity index (χ0n) is 15.3. The van der Waals surface area contributed by atoms with E-state index in [2.05, 4.69) is 17.0 Å². The molecule has 0 unspecified atom stereocenters. The molecule has 144 valence electrons. The average molecular weight is 382 g/mol. The molecule has 0 spiro atoms. The maximum Gasteiger partial charge on any atom is 0.336 e. The van der Waals surface area contributed by atoms with Crippen molar-refractivity contribution in [2.24, 2.45) is 5.92 Å². The van der Waals surface area contributed by atoms with Gasteiger partial charge in [0, 0.05) is 11.7 Å². The van der Waals surface area contributed by atoms with E-state index in [1.807, 2.05) is 0 Å². The van der Waals surface area contributed by atoms with Crippen molar-refractivity contribution in [3.63, 3.8) is 0 Å². The first-order chi connectivity index (χ1) is 12.1. The number of carboxylic acid groups (broad SMARTS) is 1. The molecule has 0 aliphatic heterocycles. The maximum atomic E-state index is 12.2. The number of carboxylic acids is 1. The standard InChI is InChI=1S/C18H26N2O5S/c1-11-4-6-14(7-5-11)20-26(24,25)10-17(21)19-16-9-15(18(22)23)12(2)8-13(16)3/h8-9,11,14,20H,4-7,10H2,1-3H3,(H,19,21)(H,22,23). The molecule has 1 fully saturated rings. The molecule has 26 heavy (non-hydrogen) atoms. The Balaban J connectivity index is 2.01. The summed E-state index contributed by atoms with van der Waals surface area (Å²) in [6, 6.07) is 2.88. The van der Waals surface area contributed by atoms with E-state index in [1.165, 1.54) is 6.07 Å². The third-order valence-corrected chi connectivity index (χ3v) is 6.09. The highest BCUT2D eigenvalue weighted by Gasteiger charge is 2.25. The average Bonchev–Trinajstić information content (AvgIpc) is 2.51. The predicted octanol–water partition coefficient (Wildman–Crippen LogP) is 2.44. The lowest BCUT2D eigenvalue weighted by molar-refractivity contribution is -0.113. The molecule has 0 atom stereocenters. The summed E-state index contributed by atoms with van der Waals surface area (Å²) in [4.78, 5) is 23.4. The molecule has 3 N–H and O–H groups in total. The van der Waals surface area contributed by atoms with Gasteiger partial charge < -0.3 is 10.4 Å². The maximum absolute atomic E-state index is 12.2. The summed E-state index contributed by atoms with van der Waals surface area (Å²) in [6.45, 7) is 5.54. The second-order valence-corrected chi connectivity index (χ2v) is 8.92. The fourth-order valence-electron chi connectivity index (χ4n) is 3.25. The number of hydrogen-bond acceptors (Lipinski definition) is 4. The molecule has 1 aliphatic carbocycles. The fraction of sp³-hybridized carbons (Fsp3) is 0.556. The van der Waals surface area contributed by atoms with Crippen molar-refractivity contribution in [1.82, 2.24) is 4.72 Å². The summed E-state index contributed by atoms with van der Waals surface area (Å²) in [5.74, 6) is -1.87. The Bertz CT molecular complexity index is 796. The lowest BCUT2D eigenvalue weighted by Crippen LogP contribution is -2.41. The molecule has 0 saturated heterocycles. The van der Waals surface area contributed by atoms with Gasteiger partial charge in [0.1, 0.15) is 5.75 Å². The summed E-state index contributed by atoms with van der Waals surface area (Å²) < 4.78 is 27.1. The second-order valence-electron chi connectivity index (χ2n) is 7.17. The highest BCUT2D eigenvalue weighted by Crippen LogP contribution is 2.24. The van der Waals surface area contributed by atoms with E-state index in [9.17, 15) is 23.1 Å². The van der Waals surface area contributed by atoms with Gasteiger partial charge in [-0.1, -0.05) is 13.0 Å². The number of carbonyl (C=O) groups is 2. The van der Waals surface area contributed by atoms with Crippen LogP contribution in [0.3, 0.4) is 0 Å². The molecule has 1 aliphatic rings. The molecule has 0 aromatic heterocycles. The zero-order valence-corrected chi connectivity index (χ0v) is 16.1. The number of nitrogens with one attached hydrogen (secondary N) is 2. The number of sulfonamides is 1. The Kier molecular flexibility index (Phi) is 6.41. The SMILES string of the molecule is Cc1cc(C)c(C(=O)O)cc1NC(=O)CS(=O)(=O)NC1CCC(C)CC1. The molecule has 2 rings (SSSR count). The van der Waals surface area contributed by atoms with Crippen LogP contribution in [0.15, 0.2) is 12.1 Å². The van der Waals surface area contributed by atoms with Crippen molar-refractivity contribution in [3.05, 3.63) is 28.8 Å². The zero-order chi connectivity index (χ0) is 19.5. The fourth-order valence-corrected chi connectivity index (χ4v) is 4.49. The number of benzene rings is 1. The summed E-state index contributed by atoms with van der Waals surface area (Å²) in [7, 11) is -3.74. The van der Waals surface area contributed by atoms with E-state index in [0.717, 1.165) is 25.7 Å². The number of carbonyl (C=O) groups excluding carboxylic acids is 1. The first-order valence-electron chi connectivity index (χ1n) is 8.72. The third kappa shape index (κ3) is 5.54. The summed E-state index contributed by atoms with van der Waals surface area (Å²) in [5, 5.41) is 11.7. The quantitative estimate of drug-likeness (QED) is 0.699. The molecule has 7 nitrogen and oxygen atoms in total. The van der Waals surface area contributed by atoms with Crippen LogP contribution in [0.1, 0.15) is 54.1 Å². The van der Waals surface area contributed by atoms with Crippen LogP contribution < -0.4 is 10.0 Å². The molecule has 0 radical (unpaired) electrons. The lowest BCUT2D eigenvalue weighted by Gasteiger charge is -2.26. The van der Waals surface area contributed by atoms with E-state index in [-0.39, 0.29) is 11.6 Å². The minimum Gasteiger partial charge on any atom is -0.478 e. The van der Waals surface area contributed by atoms with Crippen LogP contribution in [-0.4, -0.2) is 37.2 Å². The highest BCUT2D eigenvalue weighted by molar-refractivity contribution is 7.90. The smallest absolute Gasteiger partial charge is 0.336 e. The molecular weight excluding hydrogens is 356 g/mol. The Hall–Kier alpha value is -1.93. The molecule has 0 heterocycles. The monoisotopic (exact) mass is 382 g/mol. The molecule has 8 heteroatoms. The molecule has 1 aromatic carbocycles. The first-order valence-corrected chi connectivity index (χ1v) is 10.4. The molecule has 1 amide bonds. The Morgan fingerprint density at radius 1 is 1.12 bits per heavy atom. The highest BCUT2D eigenvalue weighted by atomic mass is 32.2. The minimum atomic E-state index is -3.74. The van der Waals surface area contributed by atoms with E-state index in [0.29, 0.717) is 22.7 Å². The first kappa shape index (κ1) is 20.4. The van der Waals surface area contributed by atoms with Crippen LogP contribution in [0, 0.1) is 19.8 Å². The number of hydrogen-bond donors (Lipinski definition) is 3. The van der Waals surface area contributed by atoms with Crippen molar-refractivity contribution < 1.29 is 23.1 Å². The normalized spacial score (nSPS) is 20.6. The third-order valence-electron chi connectivity index (χ3n) is 4.76. The van der Waals surface area contributed by atoms with E-state index >= 15 is 0 Å². The van der Waals surface area contributed by atoms with Crippen LogP contribution in [0.25, 0.3) is 0 Å². The molecule has 1 aromatic rings. The van der Waals surface area contributed by atoms with Gasteiger partial charge in [-0.2, -0.15) is 0 Å². The van der Waals surface area contributed by atoms with Gasteiger partial charge >= 0.3 is 5.97 Å². The van der Waals surface area contributed by atoms with Gasteiger partial charge in [0.05, 0.1) is 5.56 Å². The van der Waals surface area contributed by atoms with Crippen molar-refractivity contribution in [3.8, 4) is 0 Å². The van der Waals surface area contributed by atoms with Gasteiger partial charge in [-0.05, 0) is 62.6 Å². The summed E-state index contributed by atoms with van der Waals surface area (Å²) in [5.41, 5.74) is 1.63. The van der Waals surface area contributed by atoms with Gasteiger partial charge in [-0.15, -0.1) is 0 Å². The van der Waals surface area contributed by atoms with Gasteiger partial charge in [-0.3, -0.25) is 4.79 Å². The summed E-state index contributed by atoms with van der Waals surface area (Å²) >= 11 is 0. The van der Waals surface area contributed by atoms with E-state index < -0.39 is 27.7 Å². The Morgan fingerprint density at radius 3 is 2.31 bits per heavy atom. The molecule has 0 bridgehead atoms. The van der Waals surface area contributed by atoms with Crippen molar-refractivity contribution >= 4 is 27.6 Å². The number of anilines is 1. The number of amides is 1. The number of aryl methyl sites for hydroxylation is 2. The van der Waals surface area contributed by atoms with E-state index in [4.69, 9.17) is 0 Å². The van der Waals surface area contributed by atoms with Crippen LogP contribution in [0.4, 0.5) is 5.69 Å². The largest absolute Gasteiger partial charge is 0.478 e. The molecule has 1 saturated carbocycles. The van der Waals surface area contributed by atoms with Crippen molar-refractivity contribution in [1.29, 1.82) is 0 Å². The number of aromatic carboxylic acids is 1. The van der Waals surface area contributed by atoms with Gasteiger partial charge in [-0.25, -0.2) is 17.9 Å². The summed E-state index contributed by atoms with van der Waals surface area (Å²) in [6.07, 6.45) is 3.50. The van der Waals surface area contributed by atoms with Crippen LogP contribution in [0.5, 0.6) is 0 Å². The topological polar surface area (TPSA) is 113 Å². The predicted molar refractivity (Wildman–Crippen MR) is 99.8 cm³/mol. The van der Waals surface area contributed by atoms with Crippen molar-refractivity contribution in [2.75, 3.05) is 11.1 Å². The van der Waals surface area contributed by atoms with Gasteiger partial charge in [0.15, 0.2) is 0 Å². The lowest BCUT2D eigenvalue weighted by atomic mass is 9.88. The Labute approximate surface area is 154 Å². The second kappa shape index (κ2) is 8.18. The van der Waals surface area contributed by atoms with Crippen LogP contribution in [0.2, 0.25) is 0 Å². The van der Waals surface area contributed by atoms with Crippen LogP contribution >= 0.6 is 0 Å². The Morgan fingerprint density at radius 2 is 1.73 bits per heavy atom.